The molecule has 138 valence electrons. The molecule has 26 heavy (non-hydrogen) atoms. The number of hydrazone groups is 1. The van der Waals surface area contributed by atoms with E-state index in [0.29, 0.717) is 38.7 Å². The highest BCUT2D eigenvalue weighted by Crippen LogP contribution is 2.37. The second kappa shape index (κ2) is 9.59. The Morgan fingerprint density at radius 1 is 1.35 bits per heavy atom. The molecule has 0 heterocycles. The van der Waals surface area contributed by atoms with E-state index in [2.05, 4.69) is 26.5 Å². The van der Waals surface area contributed by atoms with Gasteiger partial charge in [0.05, 0.1) is 29.5 Å². The third-order valence-corrected chi connectivity index (χ3v) is 4.16. The molecule has 1 N–H and O–H groups in total. The van der Waals surface area contributed by atoms with Crippen LogP contribution in [0.1, 0.15) is 36.7 Å². The van der Waals surface area contributed by atoms with Crippen molar-refractivity contribution in [2.45, 2.75) is 26.9 Å². The zero-order chi connectivity index (χ0) is 19.1. The maximum absolute atomic E-state index is 12.1. The largest absolute Gasteiger partial charge is 0.490 e. The number of nitrogens with one attached hydrogen (secondary N) is 1. The van der Waals surface area contributed by atoms with E-state index in [1.165, 1.54) is 6.21 Å². The summed E-state index contributed by atoms with van der Waals surface area (Å²) >= 11 is 9.65. The molecule has 0 aliphatic heterocycles. The fourth-order valence-corrected chi connectivity index (χ4v) is 2.87. The molecule has 0 atom stereocenters. The number of hydrogen-bond acceptors (Lipinski definition) is 4. The summed E-state index contributed by atoms with van der Waals surface area (Å²) in [4.78, 5) is 12.1. The summed E-state index contributed by atoms with van der Waals surface area (Å²) in [6.07, 6.45) is 1.47. The van der Waals surface area contributed by atoms with Gasteiger partial charge >= 0.3 is 0 Å². The Bertz CT molecular complexity index is 809. The first-order valence-electron chi connectivity index (χ1n) is 8.13. The molecule has 0 fully saturated rings. The van der Waals surface area contributed by atoms with Gasteiger partial charge in [0.15, 0.2) is 11.5 Å². The quantitative estimate of drug-likeness (QED) is 0.485. The molecule has 1 amide bonds. The molecule has 0 radical (unpaired) electrons. The van der Waals surface area contributed by atoms with Gasteiger partial charge in [-0.15, -0.1) is 0 Å². The van der Waals surface area contributed by atoms with Gasteiger partial charge in [-0.1, -0.05) is 23.7 Å². The van der Waals surface area contributed by atoms with Crippen LogP contribution in [0, 0.1) is 0 Å². The van der Waals surface area contributed by atoms with Crippen LogP contribution in [0.2, 0.25) is 5.02 Å². The second-order valence-corrected chi connectivity index (χ2v) is 6.87. The van der Waals surface area contributed by atoms with Crippen molar-refractivity contribution in [1.29, 1.82) is 0 Å². The summed E-state index contributed by atoms with van der Waals surface area (Å²) in [7, 11) is 0. The van der Waals surface area contributed by atoms with Crippen LogP contribution in [0.25, 0.3) is 0 Å². The Balaban J connectivity index is 2.17. The number of carbonyl (C=O) groups excluding carboxylic acids is 1. The van der Waals surface area contributed by atoms with E-state index in [1.807, 2.05) is 26.8 Å². The summed E-state index contributed by atoms with van der Waals surface area (Å²) in [6, 6.07) is 10.6. The van der Waals surface area contributed by atoms with Crippen LogP contribution >= 0.6 is 27.5 Å². The average molecular weight is 440 g/mol. The van der Waals surface area contributed by atoms with E-state index in [9.17, 15) is 4.79 Å². The van der Waals surface area contributed by atoms with Gasteiger partial charge in [0.25, 0.3) is 5.91 Å². The third-order valence-electron chi connectivity index (χ3n) is 3.18. The maximum Gasteiger partial charge on any atom is 0.272 e. The van der Waals surface area contributed by atoms with Crippen molar-refractivity contribution in [2.75, 3.05) is 6.61 Å². The predicted octanol–water partition coefficient (Wildman–Crippen LogP) is 5.05. The van der Waals surface area contributed by atoms with Crippen molar-refractivity contribution in [3.63, 3.8) is 0 Å². The number of halogens is 2. The number of ether oxygens (including phenoxy) is 2. The van der Waals surface area contributed by atoms with E-state index >= 15 is 0 Å². The monoisotopic (exact) mass is 438 g/mol. The van der Waals surface area contributed by atoms with E-state index < -0.39 is 0 Å². The van der Waals surface area contributed by atoms with Crippen molar-refractivity contribution in [3.8, 4) is 11.5 Å². The van der Waals surface area contributed by atoms with Crippen LogP contribution in [-0.4, -0.2) is 24.8 Å². The lowest BCUT2D eigenvalue weighted by Crippen LogP contribution is -2.18. The molecule has 0 saturated carbocycles. The maximum atomic E-state index is 12.1. The number of benzene rings is 2. The third kappa shape index (κ3) is 5.47. The smallest absolute Gasteiger partial charge is 0.272 e. The Morgan fingerprint density at radius 3 is 2.73 bits per heavy atom. The summed E-state index contributed by atoms with van der Waals surface area (Å²) in [5.41, 5.74) is 3.67. The summed E-state index contributed by atoms with van der Waals surface area (Å²) in [5.74, 6) is 0.717. The molecule has 7 heteroatoms. The van der Waals surface area contributed by atoms with Crippen molar-refractivity contribution in [2.24, 2.45) is 5.10 Å². The molecule has 0 aromatic heterocycles. The number of nitrogens with zero attached hydrogens (tertiary/aromatic N) is 1. The lowest BCUT2D eigenvalue weighted by atomic mass is 10.2. The Morgan fingerprint density at radius 2 is 2.08 bits per heavy atom. The molecule has 0 aliphatic rings. The summed E-state index contributed by atoms with van der Waals surface area (Å²) in [5, 5.41) is 4.41. The minimum absolute atomic E-state index is 0.0326. The van der Waals surface area contributed by atoms with Gasteiger partial charge < -0.3 is 9.47 Å². The SMILES string of the molecule is CCOc1cc(/C=N\NC(=O)c2ccccc2Br)cc(Cl)c1OC(C)C. The minimum Gasteiger partial charge on any atom is -0.490 e. The molecule has 0 aliphatic carbocycles. The number of rotatable bonds is 7. The molecule has 2 rings (SSSR count). The highest BCUT2D eigenvalue weighted by atomic mass is 79.9. The molecular formula is C19H20BrClN2O3. The lowest BCUT2D eigenvalue weighted by molar-refractivity contribution is 0.0954. The van der Waals surface area contributed by atoms with E-state index in [1.54, 1.807) is 30.3 Å². The molecule has 0 saturated heterocycles. The van der Waals surface area contributed by atoms with Gasteiger partial charge in [-0.3, -0.25) is 4.79 Å². The standard InChI is InChI=1S/C19H20BrClN2O3/c1-4-25-17-10-13(9-16(21)18(17)26-12(2)3)11-22-23-19(24)14-7-5-6-8-15(14)20/h5-12H,4H2,1-3H3,(H,23,24)/b22-11-. The summed E-state index contributed by atoms with van der Waals surface area (Å²) in [6.45, 7) is 6.19. The fraction of sp³-hybridized carbons (Fsp3) is 0.263. The zero-order valence-corrected chi connectivity index (χ0v) is 17.1. The Kier molecular flexibility index (Phi) is 7.48. The lowest BCUT2D eigenvalue weighted by Gasteiger charge is -2.16. The first kappa shape index (κ1) is 20.3. The van der Waals surface area contributed by atoms with Gasteiger partial charge in [0.1, 0.15) is 0 Å². The first-order valence-corrected chi connectivity index (χ1v) is 9.30. The molecule has 0 unspecified atom stereocenters. The molecule has 0 spiro atoms. The topological polar surface area (TPSA) is 59.9 Å². The van der Waals surface area contributed by atoms with Gasteiger partial charge in [-0.25, -0.2) is 5.43 Å². The van der Waals surface area contributed by atoms with Gasteiger partial charge in [-0.05, 0) is 66.5 Å². The molecule has 2 aromatic carbocycles. The fourth-order valence-electron chi connectivity index (χ4n) is 2.15. The van der Waals surface area contributed by atoms with Crippen LogP contribution in [0.5, 0.6) is 11.5 Å². The highest BCUT2D eigenvalue weighted by Gasteiger charge is 2.13. The Hall–Kier alpha value is -2.05. The highest BCUT2D eigenvalue weighted by molar-refractivity contribution is 9.10. The minimum atomic E-state index is -0.315. The van der Waals surface area contributed by atoms with E-state index in [0.717, 1.165) is 0 Å². The molecule has 0 bridgehead atoms. The molecule has 5 nitrogen and oxygen atoms in total. The predicted molar refractivity (Wildman–Crippen MR) is 108 cm³/mol. The van der Waals surface area contributed by atoms with Gasteiger partial charge in [0, 0.05) is 4.47 Å². The summed E-state index contributed by atoms with van der Waals surface area (Å²) < 4.78 is 12.0. The van der Waals surface area contributed by atoms with Crippen LogP contribution in [0.15, 0.2) is 46.0 Å². The normalized spacial score (nSPS) is 11.0. The van der Waals surface area contributed by atoms with Crippen LogP contribution < -0.4 is 14.9 Å². The van der Waals surface area contributed by atoms with Crippen LogP contribution in [0.4, 0.5) is 0 Å². The average Bonchev–Trinajstić information content (AvgIpc) is 2.58. The molecular weight excluding hydrogens is 420 g/mol. The van der Waals surface area contributed by atoms with Crippen molar-refractivity contribution in [3.05, 3.63) is 57.0 Å². The first-order chi connectivity index (χ1) is 12.4. The zero-order valence-electron chi connectivity index (χ0n) is 14.8. The van der Waals surface area contributed by atoms with Crippen molar-refractivity contribution < 1.29 is 14.3 Å². The van der Waals surface area contributed by atoms with Gasteiger partial charge in [0.2, 0.25) is 0 Å². The number of carbonyl (C=O) groups is 1. The Labute approximate surface area is 166 Å². The van der Waals surface area contributed by atoms with Crippen molar-refractivity contribution in [1.82, 2.24) is 5.43 Å². The second-order valence-electron chi connectivity index (χ2n) is 5.61. The van der Waals surface area contributed by atoms with Crippen LogP contribution in [0.3, 0.4) is 0 Å². The van der Waals surface area contributed by atoms with Gasteiger partial charge in [-0.2, -0.15) is 5.10 Å². The molecule has 2 aromatic rings. The van der Waals surface area contributed by atoms with E-state index in [-0.39, 0.29) is 12.0 Å². The van der Waals surface area contributed by atoms with Crippen molar-refractivity contribution >= 4 is 39.7 Å². The number of amides is 1. The van der Waals surface area contributed by atoms with Crippen LogP contribution in [-0.2, 0) is 0 Å². The number of hydrogen-bond donors (Lipinski definition) is 1. The van der Waals surface area contributed by atoms with E-state index in [4.69, 9.17) is 21.1 Å².